The highest BCUT2D eigenvalue weighted by molar-refractivity contribution is 6.33. The molecule has 5 aromatic rings. The normalized spacial score (nSPS) is 11.4. The Morgan fingerprint density at radius 2 is 1.68 bits per heavy atom. The van der Waals surface area contributed by atoms with Gasteiger partial charge in [0.1, 0.15) is 6.33 Å². The Balaban J connectivity index is 1.74. The van der Waals surface area contributed by atoms with Gasteiger partial charge in [0.15, 0.2) is 17.1 Å². The minimum Gasteiger partial charge on any atom is -0.216 e. The van der Waals surface area contributed by atoms with E-state index >= 15 is 0 Å². The first kappa shape index (κ1) is 14.1. The van der Waals surface area contributed by atoms with Crippen molar-refractivity contribution in [1.82, 2.24) is 29.4 Å². The molecule has 0 atom stereocenters. The molecule has 2 aromatic carbocycles. The SMILES string of the molecule is Clc1ccccc1-c1nc2c3cnn(-c4ccccc4)c3ncn2n1. The molecule has 0 aliphatic carbocycles. The first-order valence-electron chi connectivity index (χ1n) is 7.71. The third-order valence-electron chi connectivity index (χ3n) is 4.02. The summed E-state index contributed by atoms with van der Waals surface area (Å²) in [6, 6.07) is 17.4. The van der Waals surface area contributed by atoms with Crippen LogP contribution >= 0.6 is 11.6 Å². The van der Waals surface area contributed by atoms with Gasteiger partial charge in [-0.05, 0) is 24.3 Å². The highest BCUT2D eigenvalue weighted by atomic mass is 35.5. The molecule has 0 N–H and O–H groups in total. The average molecular weight is 347 g/mol. The number of fused-ring (bicyclic) bond motifs is 3. The molecule has 0 aliphatic rings. The molecule has 0 amide bonds. The number of nitrogens with zero attached hydrogens (tertiary/aromatic N) is 6. The van der Waals surface area contributed by atoms with Crippen molar-refractivity contribution in [3.63, 3.8) is 0 Å². The van der Waals surface area contributed by atoms with Gasteiger partial charge in [-0.2, -0.15) is 5.10 Å². The van der Waals surface area contributed by atoms with Crippen molar-refractivity contribution in [2.45, 2.75) is 0 Å². The minimum atomic E-state index is 0.562. The summed E-state index contributed by atoms with van der Waals surface area (Å²) in [5, 5.41) is 10.4. The summed E-state index contributed by atoms with van der Waals surface area (Å²) in [5.41, 5.74) is 3.16. The topological polar surface area (TPSA) is 60.9 Å². The molecular weight excluding hydrogens is 336 g/mol. The van der Waals surface area contributed by atoms with Crippen molar-refractivity contribution in [1.29, 1.82) is 0 Å². The van der Waals surface area contributed by atoms with Crippen molar-refractivity contribution in [3.8, 4) is 17.1 Å². The molecule has 0 unspecified atom stereocenters. The maximum Gasteiger partial charge on any atom is 0.183 e. The lowest BCUT2D eigenvalue weighted by Crippen LogP contribution is -1.98. The van der Waals surface area contributed by atoms with Crippen LogP contribution in [0.2, 0.25) is 5.02 Å². The van der Waals surface area contributed by atoms with Gasteiger partial charge in [-0.3, -0.25) is 0 Å². The van der Waals surface area contributed by atoms with Gasteiger partial charge in [0.05, 0.1) is 22.3 Å². The molecule has 120 valence electrons. The molecule has 0 radical (unpaired) electrons. The summed E-state index contributed by atoms with van der Waals surface area (Å²) in [4.78, 5) is 9.16. The Morgan fingerprint density at radius 1 is 0.880 bits per heavy atom. The molecule has 0 saturated heterocycles. The predicted molar refractivity (Wildman–Crippen MR) is 95.9 cm³/mol. The van der Waals surface area contributed by atoms with Gasteiger partial charge in [-0.1, -0.05) is 41.9 Å². The van der Waals surface area contributed by atoms with Crippen LogP contribution in [0.4, 0.5) is 0 Å². The summed E-state index contributed by atoms with van der Waals surface area (Å²) in [7, 11) is 0. The molecule has 0 fully saturated rings. The van der Waals surface area contributed by atoms with Crippen molar-refractivity contribution in [2.24, 2.45) is 0 Å². The van der Waals surface area contributed by atoms with Crippen LogP contribution in [0.3, 0.4) is 0 Å². The summed E-state index contributed by atoms with van der Waals surface area (Å²) in [6.07, 6.45) is 3.40. The molecule has 3 heterocycles. The second kappa shape index (κ2) is 5.39. The van der Waals surface area contributed by atoms with E-state index in [0.29, 0.717) is 16.5 Å². The Morgan fingerprint density at radius 3 is 2.52 bits per heavy atom. The van der Waals surface area contributed by atoms with Crippen LogP contribution in [0, 0.1) is 0 Å². The molecule has 5 rings (SSSR count). The molecule has 25 heavy (non-hydrogen) atoms. The van der Waals surface area contributed by atoms with Crippen LogP contribution in [0.1, 0.15) is 0 Å². The number of aromatic nitrogens is 6. The summed E-state index contributed by atoms with van der Waals surface area (Å²) >= 11 is 6.27. The van der Waals surface area contributed by atoms with E-state index in [1.807, 2.05) is 54.6 Å². The van der Waals surface area contributed by atoms with E-state index in [1.54, 1.807) is 21.7 Å². The monoisotopic (exact) mass is 346 g/mol. The van der Waals surface area contributed by atoms with Crippen molar-refractivity contribution in [2.75, 3.05) is 0 Å². The van der Waals surface area contributed by atoms with Crippen LogP contribution in [-0.4, -0.2) is 29.4 Å². The summed E-state index contributed by atoms with van der Waals surface area (Å²) in [6.45, 7) is 0. The molecule has 6 nitrogen and oxygen atoms in total. The Kier molecular flexibility index (Phi) is 3.05. The van der Waals surface area contributed by atoms with E-state index < -0.39 is 0 Å². The second-order valence-corrected chi connectivity index (χ2v) is 5.96. The van der Waals surface area contributed by atoms with Gasteiger partial charge in [0.2, 0.25) is 0 Å². The van der Waals surface area contributed by atoms with Gasteiger partial charge in [-0.25, -0.2) is 19.2 Å². The first-order chi connectivity index (χ1) is 12.3. The van der Waals surface area contributed by atoms with Crippen LogP contribution < -0.4 is 0 Å². The molecule has 7 heteroatoms. The van der Waals surface area contributed by atoms with Crippen LogP contribution in [0.25, 0.3) is 33.8 Å². The zero-order valence-electron chi connectivity index (χ0n) is 12.9. The number of benzene rings is 2. The van der Waals surface area contributed by atoms with E-state index in [9.17, 15) is 0 Å². The molecular formula is C18H11ClN6. The second-order valence-electron chi connectivity index (χ2n) is 5.56. The molecule has 3 aromatic heterocycles. The van der Waals surface area contributed by atoms with Gasteiger partial charge in [0, 0.05) is 5.56 Å². The molecule has 0 saturated carbocycles. The van der Waals surface area contributed by atoms with Gasteiger partial charge < -0.3 is 0 Å². The van der Waals surface area contributed by atoms with E-state index in [1.165, 1.54) is 0 Å². The van der Waals surface area contributed by atoms with Crippen LogP contribution in [0.5, 0.6) is 0 Å². The number of hydrogen-bond donors (Lipinski definition) is 0. The fraction of sp³-hybridized carbons (Fsp3) is 0. The Hall–Kier alpha value is -3.25. The van der Waals surface area contributed by atoms with Crippen LogP contribution in [-0.2, 0) is 0 Å². The third kappa shape index (κ3) is 2.19. The highest BCUT2D eigenvalue weighted by Crippen LogP contribution is 2.27. The van der Waals surface area contributed by atoms with Crippen molar-refractivity contribution < 1.29 is 0 Å². The maximum absolute atomic E-state index is 6.27. The standard InChI is InChI=1S/C18H11ClN6/c19-15-9-5-4-8-13(15)16-22-18-14-10-21-25(12-6-2-1-3-7-12)17(14)20-11-24(18)23-16/h1-11H. The predicted octanol–water partition coefficient (Wildman–Crippen LogP) is 3.78. The number of rotatable bonds is 2. The van der Waals surface area contributed by atoms with E-state index in [4.69, 9.17) is 11.6 Å². The lowest BCUT2D eigenvalue weighted by Gasteiger charge is -2.01. The lowest BCUT2D eigenvalue weighted by molar-refractivity contribution is 0.882. The van der Waals surface area contributed by atoms with E-state index in [-0.39, 0.29) is 0 Å². The fourth-order valence-corrected chi connectivity index (χ4v) is 3.06. The fourth-order valence-electron chi connectivity index (χ4n) is 2.84. The summed E-state index contributed by atoms with van der Waals surface area (Å²) < 4.78 is 3.44. The largest absolute Gasteiger partial charge is 0.216 e. The lowest BCUT2D eigenvalue weighted by atomic mass is 10.2. The smallest absolute Gasteiger partial charge is 0.183 e. The van der Waals surface area contributed by atoms with Gasteiger partial charge in [0.25, 0.3) is 0 Å². The van der Waals surface area contributed by atoms with Crippen molar-refractivity contribution >= 4 is 28.3 Å². The molecule has 0 bridgehead atoms. The zero-order valence-corrected chi connectivity index (χ0v) is 13.7. The van der Waals surface area contributed by atoms with Crippen LogP contribution in [0.15, 0.2) is 67.1 Å². The molecule has 0 spiro atoms. The average Bonchev–Trinajstić information content (AvgIpc) is 3.26. The van der Waals surface area contributed by atoms with Gasteiger partial charge in [-0.15, -0.1) is 5.10 Å². The maximum atomic E-state index is 6.27. The van der Waals surface area contributed by atoms with Gasteiger partial charge >= 0.3 is 0 Å². The Labute approximate surface area is 147 Å². The van der Waals surface area contributed by atoms with E-state index in [0.717, 1.165) is 22.3 Å². The quantitative estimate of drug-likeness (QED) is 0.488. The van der Waals surface area contributed by atoms with E-state index in [2.05, 4.69) is 20.2 Å². The number of para-hydroxylation sites is 1. The first-order valence-corrected chi connectivity index (χ1v) is 8.08. The highest BCUT2D eigenvalue weighted by Gasteiger charge is 2.15. The number of hydrogen-bond acceptors (Lipinski definition) is 4. The van der Waals surface area contributed by atoms with Crippen molar-refractivity contribution in [3.05, 3.63) is 72.1 Å². The minimum absolute atomic E-state index is 0.562. The molecule has 0 aliphatic heterocycles. The summed E-state index contributed by atoms with van der Waals surface area (Å²) in [5.74, 6) is 0.562. The zero-order chi connectivity index (χ0) is 16.8. The number of halogens is 1. The third-order valence-corrected chi connectivity index (χ3v) is 4.35. The Bertz CT molecular complexity index is 1210.